The molecule has 0 aliphatic heterocycles. The van der Waals surface area contributed by atoms with Crippen LogP contribution in [0.5, 0.6) is 0 Å². The van der Waals surface area contributed by atoms with E-state index >= 15 is 0 Å². The minimum Gasteiger partial charge on any atom is -0.257 e. The normalized spacial score (nSPS) is 20.0. The van der Waals surface area contributed by atoms with Crippen LogP contribution in [-0.2, 0) is 25.7 Å². The number of aromatic nitrogens is 1. The van der Waals surface area contributed by atoms with Gasteiger partial charge in [-0.1, -0.05) is 6.07 Å². The Balaban J connectivity index is 2.06. The number of fused-ring (bicyclic) bond motifs is 2. The number of pyridine rings is 1. The van der Waals surface area contributed by atoms with Crippen molar-refractivity contribution in [3.63, 3.8) is 0 Å². The topological polar surface area (TPSA) is 12.9 Å². The molecule has 0 aromatic carbocycles. The van der Waals surface area contributed by atoms with Crippen LogP contribution in [0, 0.1) is 0 Å². The van der Waals surface area contributed by atoms with Gasteiger partial charge in [-0.3, -0.25) is 4.98 Å². The Kier molecular flexibility index (Phi) is 2.04. The molecule has 1 aromatic heterocycles. The first-order chi connectivity index (χ1) is 6.93. The Bertz CT molecular complexity index is 288. The molecule has 0 unspecified atom stereocenters. The maximum atomic E-state index is 4.85. The van der Waals surface area contributed by atoms with Gasteiger partial charge < -0.3 is 0 Å². The van der Waals surface area contributed by atoms with Crippen molar-refractivity contribution in [1.82, 2.24) is 4.98 Å². The minimum absolute atomic E-state index is 1.22. The number of hydrogen-bond donors (Lipinski definition) is 0. The third-order valence-corrected chi connectivity index (χ3v) is 3.58. The van der Waals surface area contributed by atoms with E-state index in [9.17, 15) is 0 Å². The van der Waals surface area contributed by atoms with Crippen molar-refractivity contribution in [2.45, 2.75) is 51.4 Å². The van der Waals surface area contributed by atoms with E-state index < -0.39 is 0 Å². The van der Waals surface area contributed by atoms with Gasteiger partial charge in [0.25, 0.3) is 0 Å². The van der Waals surface area contributed by atoms with E-state index in [1.165, 1.54) is 62.8 Å². The lowest BCUT2D eigenvalue weighted by Gasteiger charge is -2.21. The Morgan fingerprint density at radius 1 is 0.714 bits per heavy atom. The summed E-state index contributed by atoms with van der Waals surface area (Å²) in [5, 5.41) is 0. The van der Waals surface area contributed by atoms with E-state index in [4.69, 9.17) is 4.98 Å². The lowest BCUT2D eigenvalue weighted by Crippen LogP contribution is -2.12. The molecule has 0 atom stereocenters. The molecule has 0 saturated carbocycles. The number of nitrogens with zero attached hydrogens (tertiary/aromatic N) is 1. The van der Waals surface area contributed by atoms with Gasteiger partial charge >= 0.3 is 0 Å². The zero-order valence-corrected chi connectivity index (χ0v) is 8.68. The molecule has 0 N–H and O–H groups in total. The molecular formula is C13H17N. The molecule has 0 amide bonds. The van der Waals surface area contributed by atoms with E-state index in [1.54, 1.807) is 11.1 Å². The monoisotopic (exact) mass is 187 g/mol. The number of aryl methyl sites for hydroxylation is 4. The number of rotatable bonds is 0. The van der Waals surface area contributed by atoms with Crippen LogP contribution in [-0.4, -0.2) is 4.98 Å². The Labute approximate surface area is 85.6 Å². The molecule has 14 heavy (non-hydrogen) atoms. The summed E-state index contributed by atoms with van der Waals surface area (Å²) in [6, 6.07) is 2.45. The minimum atomic E-state index is 1.22. The molecule has 0 fully saturated rings. The van der Waals surface area contributed by atoms with E-state index in [-0.39, 0.29) is 0 Å². The van der Waals surface area contributed by atoms with Crippen LogP contribution in [0.25, 0.3) is 0 Å². The average molecular weight is 187 g/mol. The second kappa shape index (κ2) is 3.38. The van der Waals surface area contributed by atoms with Crippen LogP contribution in [0.2, 0.25) is 0 Å². The van der Waals surface area contributed by atoms with Crippen LogP contribution in [0.15, 0.2) is 6.07 Å². The van der Waals surface area contributed by atoms with Crippen LogP contribution in [0.3, 0.4) is 0 Å². The molecule has 0 saturated heterocycles. The zero-order chi connectivity index (χ0) is 9.38. The van der Waals surface area contributed by atoms with Crippen LogP contribution < -0.4 is 0 Å². The Morgan fingerprint density at radius 2 is 1.21 bits per heavy atom. The second-order valence-corrected chi connectivity index (χ2v) is 4.61. The summed E-state index contributed by atoms with van der Waals surface area (Å²) in [5.74, 6) is 0. The summed E-state index contributed by atoms with van der Waals surface area (Å²) in [6.45, 7) is 0. The zero-order valence-electron chi connectivity index (χ0n) is 8.68. The summed E-state index contributed by atoms with van der Waals surface area (Å²) in [6.07, 6.45) is 10.4. The van der Waals surface area contributed by atoms with Gasteiger partial charge in [0.15, 0.2) is 0 Å². The smallest absolute Gasteiger partial charge is 0.0439 e. The highest BCUT2D eigenvalue weighted by Gasteiger charge is 2.16. The predicted octanol–water partition coefficient (Wildman–Crippen LogP) is 2.84. The highest BCUT2D eigenvalue weighted by atomic mass is 14.7. The Morgan fingerprint density at radius 3 is 1.79 bits per heavy atom. The summed E-state index contributed by atoms with van der Waals surface area (Å²) in [7, 11) is 0. The van der Waals surface area contributed by atoms with Gasteiger partial charge in [0.05, 0.1) is 0 Å². The number of hydrogen-bond acceptors (Lipinski definition) is 1. The van der Waals surface area contributed by atoms with Gasteiger partial charge in [-0.05, 0) is 62.5 Å². The first kappa shape index (κ1) is 8.46. The predicted molar refractivity (Wildman–Crippen MR) is 57.5 cm³/mol. The van der Waals surface area contributed by atoms with E-state index in [2.05, 4.69) is 6.07 Å². The largest absolute Gasteiger partial charge is 0.257 e. The van der Waals surface area contributed by atoms with Crippen molar-refractivity contribution in [3.05, 3.63) is 28.6 Å². The van der Waals surface area contributed by atoms with Crippen LogP contribution >= 0.6 is 0 Å². The van der Waals surface area contributed by atoms with Crippen molar-refractivity contribution < 1.29 is 0 Å². The Hall–Kier alpha value is -0.850. The molecule has 74 valence electrons. The van der Waals surface area contributed by atoms with Crippen molar-refractivity contribution in [2.75, 3.05) is 0 Å². The highest BCUT2D eigenvalue weighted by Crippen LogP contribution is 2.26. The SMILES string of the molecule is c1c2c(nc3c1CCCC3)CCCC2. The maximum absolute atomic E-state index is 4.85. The molecule has 1 aromatic rings. The molecule has 3 rings (SSSR count). The third-order valence-electron chi connectivity index (χ3n) is 3.58. The molecule has 0 radical (unpaired) electrons. The molecule has 2 aliphatic rings. The van der Waals surface area contributed by atoms with Crippen molar-refractivity contribution >= 4 is 0 Å². The van der Waals surface area contributed by atoms with Crippen LogP contribution in [0.4, 0.5) is 0 Å². The van der Waals surface area contributed by atoms with Gasteiger partial charge in [-0.2, -0.15) is 0 Å². The quantitative estimate of drug-likeness (QED) is 0.608. The van der Waals surface area contributed by atoms with Gasteiger partial charge in [0.2, 0.25) is 0 Å². The second-order valence-electron chi connectivity index (χ2n) is 4.61. The fraction of sp³-hybridized carbons (Fsp3) is 0.615. The maximum Gasteiger partial charge on any atom is 0.0439 e. The molecule has 1 heterocycles. The summed E-state index contributed by atoms with van der Waals surface area (Å²) in [5.41, 5.74) is 5.93. The van der Waals surface area contributed by atoms with Crippen molar-refractivity contribution in [3.8, 4) is 0 Å². The van der Waals surface area contributed by atoms with Gasteiger partial charge in [0, 0.05) is 11.4 Å². The van der Waals surface area contributed by atoms with Gasteiger partial charge in [-0.15, -0.1) is 0 Å². The summed E-state index contributed by atoms with van der Waals surface area (Å²) < 4.78 is 0. The fourth-order valence-electron chi connectivity index (χ4n) is 2.77. The standard InChI is InChI=1S/C13H17N/c1-3-7-12-10(5-1)9-11-6-2-4-8-13(11)14-12/h9H,1-8H2. The first-order valence-corrected chi connectivity index (χ1v) is 5.94. The molecule has 1 heteroatoms. The lowest BCUT2D eigenvalue weighted by atomic mass is 9.89. The van der Waals surface area contributed by atoms with Gasteiger partial charge in [0.1, 0.15) is 0 Å². The van der Waals surface area contributed by atoms with Crippen molar-refractivity contribution in [2.24, 2.45) is 0 Å². The molecule has 0 bridgehead atoms. The van der Waals surface area contributed by atoms with Crippen molar-refractivity contribution in [1.29, 1.82) is 0 Å². The molecule has 2 aliphatic carbocycles. The lowest BCUT2D eigenvalue weighted by molar-refractivity contribution is 0.627. The average Bonchev–Trinajstić information content (AvgIpc) is 2.26. The van der Waals surface area contributed by atoms with E-state index in [0.29, 0.717) is 0 Å². The molecule has 0 spiro atoms. The summed E-state index contributed by atoms with van der Waals surface area (Å²) >= 11 is 0. The third kappa shape index (κ3) is 1.35. The first-order valence-electron chi connectivity index (χ1n) is 5.94. The molecular weight excluding hydrogens is 170 g/mol. The van der Waals surface area contributed by atoms with Gasteiger partial charge in [-0.25, -0.2) is 0 Å². The highest BCUT2D eigenvalue weighted by molar-refractivity contribution is 5.33. The van der Waals surface area contributed by atoms with E-state index in [0.717, 1.165) is 0 Å². The molecule has 1 nitrogen and oxygen atoms in total. The summed E-state index contributed by atoms with van der Waals surface area (Å²) in [4.78, 5) is 4.85. The fourth-order valence-corrected chi connectivity index (χ4v) is 2.77. The van der Waals surface area contributed by atoms with E-state index in [1.807, 2.05) is 0 Å². The van der Waals surface area contributed by atoms with Crippen LogP contribution in [0.1, 0.15) is 48.2 Å².